The van der Waals surface area contributed by atoms with E-state index in [2.05, 4.69) is 0 Å². The topological polar surface area (TPSA) is 88.1 Å². The van der Waals surface area contributed by atoms with Crippen molar-refractivity contribution in [3.05, 3.63) is 27.2 Å². The van der Waals surface area contributed by atoms with E-state index in [1.807, 2.05) is 0 Å². The van der Waals surface area contributed by atoms with Gasteiger partial charge in [-0.15, -0.1) is 0 Å². The van der Waals surface area contributed by atoms with Crippen LogP contribution in [0, 0.1) is 5.92 Å². The summed E-state index contributed by atoms with van der Waals surface area (Å²) in [6, 6.07) is 3.22. The van der Waals surface area contributed by atoms with Crippen molar-refractivity contribution in [2.24, 2.45) is 5.92 Å². The molecule has 3 unspecified atom stereocenters. The fourth-order valence-corrected chi connectivity index (χ4v) is 4.99. The Labute approximate surface area is 193 Å². The summed E-state index contributed by atoms with van der Waals surface area (Å²) in [5, 5.41) is 0.738. The van der Waals surface area contributed by atoms with Gasteiger partial charge in [0.15, 0.2) is 0 Å². The van der Waals surface area contributed by atoms with Gasteiger partial charge in [-0.25, -0.2) is 0 Å². The minimum atomic E-state index is -0.791. The van der Waals surface area contributed by atoms with Gasteiger partial charge in [-0.05, 0) is 12.1 Å². The molecular weight excluding hydrogens is 479 g/mol. The second-order valence-corrected chi connectivity index (χ2v) is 9.04. The average molecular weight is 500 g/mol. The van der Waals surface area contributed by atoms with E-state index in [4.69, 9.17) is 53.8 Å². The molecule has 0 amide bonds. The maximum Gasteiger partial charge on any atom is 0.303 e. The summed E-state index contributed by atoms with van der Waals surface area (Å²) in [5.74, 6) is -2.02. The van der Waals surface area contributed by atoms with E-state index >= 15 is 0 Å². The van der Waals surface area contributed by atoms with Crippen molar-refractivity contribution in [3.8, 4) is 0 Å². The van der Waals surface area contributed by atoms with Crippen LogP contribution < -0.4 is 0 Å². The molecule has 0 aliphatic carbocycles. The number of hydrogen-bond acceptors (Lipinski definition) is 8. The van der Waals surface area contributed by atoms with E-state index < -0.39 is 47.6 Å². The molecule has 0 aromatic heterocycles. The zero-order valence-corrected chi connectivity index (χ0v) is 19.7. The number of ether oxygens (including phenoxy) is 4. The Balaban J connectivity index is 2.35. The maximum atomic E-state index is 11.7. The molecule has 1 aliphatic rings. The molecule has 0 spiro atoms. The number of halogens is 3. The molecule has 0 radical (unpaired) electrons. The van der Waals surface area contributed by atoms with Crippen LogP contribution in [-0.4, -0.2) is 48.3 Å². The first-order valence-corrected chi connectivity index (χ1v) is 11.0. The van der Waals surface area contributed by atoms with Crippen LogP contribution in [-0.2, 0) is 33.3 Å². The van der Waals surface area contributed by atoms with E-state index in [1.54, 1.807) is 19.1 Å². The van der Waals surface area contributed by atoms with Crippen molar-refractivity contribution in [1.82, 2.24) is 0 Å². The number of carbonyl (C=O) groups excluding carboxylic acids is 3. The molecule has 0 saturated carbocycles. The summed E-state index contributed by atoms with van der Waals surface area (Å²) >= 11 is 19.4. The summed E-state index contributed by atoms with van der Waals surface area (Å²) in [6.45, 7) is 5.42. The van der Waals surface area contributed by atoms with Gasteiger partial charge in [-0.2, -0.15) is 0 Å². The molecular formula is C19H21Cl3O7S. The predicted molar refractivity (Wildman–Crippen MR) is 113 cm³/mol. The molecule has 30 heavy (non-hydrogen) atoms. The third-order valence-corrected chi connectivity index (χ3v) is 6.56. The van der Waals surface area contributed by atoms with Gasteiger partial charge in [-0.1, -0.05) is 53.5 Å². The van der Waals surface area contributed by atoms with Crippen molar-refractivity contribution in [1.29, 1.82) is 0 Å². The highest BCUT2D eigenvalue weighted by atomic mass is 35.5. The SMILES string of the molecule is CC(=O)OCC1O[C@H](Sc2cc(Cl)c(Cl)c(Cl)c2)C(OC(C)=O)C(C)[C@H]1OC(C)=O. The Morgan fingerprint density at radius 1 is 0.967 bits per heavy atom. The zero-order chi connectivity index (χ0) is 22.6. The molecule has 1 fully saturated rings. The fourth-order valence-electron chi connectivity index (χ4n) is 2.99. The summed E-state index contributed by atoms with van der Waals surface area (Å²) in [5.41, 5.74) is -0.718. The van der Waals surface area contributed by atoms with Crippen LogP contribution in [0.25, 0.3) is 0 Å². The van der Waals surface area contributed by atoms with Crippen molar-refractivity contribution in [2.45, 2.75) is 56.3 Å². The predicted octanol–water partition coefficient (Wildman–Crippen LogP) is 4.53. The normalized spacial score (nSPS) is 26.0. The standard InChI is InChI=1S/C19H21Cl3O7S/c1-8-17(27-10(3)24)15(7-26-9(2)23)29-19(18(8)28-11(4)25)30-12-5-13(20)16(22)14(21)6-12/h5-6,8,15,17-19H,7H2,1-4H3/t8?,15?,17-,18?,19-/m1/s1. The van der Waals surface area contributed by atoms with Gasteiger partial charge in [0, 0.05) is 31.6 Å². The first-order chi connectivity index (χ1) is 14.0. The van der Waals surface area contributed by atoms with E-state index in [-0.39, 0.29) is 21.7 Å². The molecule has 1 aliphatic heterocycles. The third-order valence-electron chi connectivity index (χ3n) is 4.24. The van der Waals surface area contributed by atoms with E-state index in [0.717, 1.165) is 0 Å². The van der Waals surface area contributed by atoms with Gasteiger partial charge >= 0.3 is 17.9 Å². The lowest BCUT2D eigenvalue weighted by atomic mass is 9.91. The lowest BCUT2D eigenvalue weighted by Gasteiger charge is -2.43. The highest BCUT2D eigenvalue weighted by Gasteiger charge is 2.48. The van der Waals surface area contributed by atoms with Crippen LogP contribution in [0.4, 0.5) is 0 Å². The summed E-state index contributed by atoms with van der Waals surface area (Å²) in [6.07, 6.45) is -2.32. The van der Waals surface area contributed by atoms with Crippen LogP contribution in [0.15, 0.2) is 17.0 Å². The first-order valence-electron chi connectivity index (χ1n) is 8.94. The van der Waals surface area contributed by atoms with Crippen LogP contribution in [0.3, 0.4) is 0 Å². The molecule has 1 aromatic carbocycles. The van der Waals surface area contributed by atoms with E-state index in [9.17, 15) is 14.4 Å². The molecule has 0 N–H and O–H groups in total. The fraction of sp³-hybridized carbons (Fsp3) is 0.526. The molecule has 1 heterocycles. The Bertz CT molecular complexity index is 794. The average Bonchev–Trinajstić information content (AvgIpc) is 2.63. The smallest absolute Gasteiger partial charge is 0.303 e. The Morgan fingerprint density at radius 3 is 2.00 bits per heavy atom. The number of esters is 3. The molecule has 7 nitrogen and oxygen atoms in total. The van der Waals surface area contributed by atoms with Crippen LogP contribution in [0.2, 0.25) is 15.1 Å². The molecule has 5 atom stereocenters. The van der Waals surface area contributed by atoms with Crippen LogP contribution in [0.5, 0.6) is 0 Å². The first kappa shape index (κ1) is 25.1. The molecule has 11 heteroatoms. The van der Waals surface area contributed by atoms with Gasteiger partial charge in [-0.3, -0.25) is 14.4 Å². The van der Waals surface area contributed by atoms with Gasteiger partial charge in [0.2, 0.25) is 0 Å². The van der Waals surface area contributed by atoms with Gasteiger partial charge in [0.25, 0.3) is 0 Å². The maximum absolute atomic E-state index is 11.7. The molecule has 2 rings (SSSR count). The Hall–Kier alpha value is -1.19. The zero-order valence-electron chi connectivity index (χ0n) is 16.6. The highest BCUT2D eigenvalue weighted by molar-refractivity contribution is 7.99. The second kappa shape index (κ2) is 10.9. The van der Waals surface area contributed by atoms with Crippen molar-refractivity contribution >= 4 is 64.5 Å². The number of thioether (sulfide) groups is 1. The molecule has 0 bridgehead atoms. The summed E-state index contributed by atoms with van der Waals surface area (Å²) in [7, 11) is 0. The van der Waals surface area contributed by atoms with E-state index in [0.29, 0.717) is 4.90 Å². The number of benzene rings is 1. The molecule has 166 valence electrons. The molecule has 1 saturated heterocycles. The summed E-state index contributed by atoms with van der Waals surface area (Å²) < 4.78 is 22.0. The lowest BCUT2D eigenvalue weighted by Crippen LogP contribution is -2.56. The van der Waals surface area contributed by atoms with Crippen molar-refractivity contribution < 1.29 is 33.3 Å². The minimum absolute atomic E-state index is 0.135. The highest BCUT2D eigenvalue weighted by Crippen LogP contribution is 2.41. The van der Waals surface area contributed by atoms with Crippen molar-refractivity contribution in [2.75, 3.05) is 6.61 Å². The molecule has 1 aromatic rings. The summed E-state index contributed by atoms with van der Waals surface area (Å²) in [4.78, 5) is 35.2. The second-order valence-electron chi connectivity index (χ2n) is 6.67. The Morgan fingerprint density at radius 2 is 1.50 bits per heavy atom. The minimum Gasteiger partial charge on any atom is -0.463 e. The monoisotopic (exact) mass is 498 g/mol. The largest absolute Gasteiger partial charge is 0.463 e. The van der Waals surface area contributed by atoms with Gasteiger partial charge in [0.1, 0.15) is 30.4 Å². The van der Waals surface area contributed by atoms with Gasteiger partial charge in [0.05, 0.1) is 15.1 Å². The van der Waals surface area contributed by atoms with Gasteiger partial charge < -0.3 is 18.9 Å². The number of rotatable bonds is 6. The lowest BCUT2D eigenvalue weighted by molar-refractivity contribution is -0.212. The number of hydrogen-bond donors (Lipinski definition) is 0. The van der Waals surface area contributed by atoms with Crippen LogP contribution in [0.1, 0.15) is 27.7 Å². The van der Waals surface area contributed by atoms with Crippen LogP contribution >= 0.6 is 46.6 Å². The van der Waals surface area contributed by atoms with Crippen molar-refractivity contribution in [3.63, 3.8) is 0 Å². The van der Waals surface area contributed by atoms with E-state index in [1.165, 1.54) is 32.5 Å². The quantitative estimate of drug-likeness (QED) is 0.320. The third kappa shape index (κ3) is 6.65. The number of carbonyl (C=O) groups is 3. The Kier molecular flexibility index (Phi) is 9.12.